The van der Waals surface area contributed by atoms with Crippen molar-refractivity contribution < 1.29 is 19.1 Å². The number of rotatable bonds is 13. The van der Waals surface area contributed by atoms with E-state index in [1.807, 2.05) is 31.2 Å². The second kappa shape index (κ2) is 13.5. The van der Waals surface area contributed by atoms with Gasteiger partial charge in [0.2, 0.25) is 0 Å². The SMILES string of the molecule is CCCCCCCOC(=O)CCCCC(=O)Oc1ccccc1CC. The van der Waals surface area contributed by atoms with Crippen LogP contribution < -0.4 is 4.74 Å². The van der Waals surface area contributed by atoms with Crippen molar-refractivity contribution in [3.8, 4) is 5.75 Å². The third kappa shape index (κ3) is 9.90. The van der Waals surface area contributed by atoms with E-state index in [0.29, 0.717) is 38.0 Å². The highest BCUT2D eigenvalue weighted by molar-refractivity contribution is 5.73. The topological polar surface area (TPSA) is 52.6 Å². The highest BCUT2D eigenvalue weighted by atomic mass is 16.5. The van der Waals surface area contributed by atoms with Gasteiger partial charge in [0.05, 0.1) is 6.61 Å². The van der Waals surface area contributed by atoms with Gasteiger partial charge >= 0.3 is 11.9 Å². The molecule has 4 heteroatoms. The van der Waals surface area contributed by atoms with Gasteiger partial charge in [-0.25, -0.2) is 0 Å². The van der Waals surface area contributed by atoms with Crippen LogP contribution in [-0.4, -0.2) is 18.5 Å². The van der Waals surface area contributed by atoms with Crippen LogP contribution in [0.1, 0.15) is 77.2 Å². The Morgan fingerprint density at radius 1 is 0.840 bits per heavy atom. The molecule has 1 aromatic rings. The molecular formula is C21H32O4. The molecule has 1 rings (SSSR count). The predicted octanol–water partition coefficient (Wildman–Crippen LogP) is 5.23. The molecule has 0 bridgehead atoms. The van der Waals surface area contributed by atoms with Gasteiger partial charge in [0.25, 0.3) is 0 Å². The lowest BCUT2D eigenvalue weighted by Crippen LogP contribution is -2.10. The van der Waals surface area contributed by atoms with E-state index < -0.39 is 0 Å². The first-order chi connectivity index (χ1) is 12.2. The highest BCUT2D eigenvalue weighted by Crippen LogP contribution is 2.19. The van der Waals surface area contributed by atoms with Crippen molar-refractivity contribution in [1.82, 2.24) is 0 Å². The van der Waals surface area contributed by atoms with E-state index in [1.54, 1.807) is 0 Å². The van der Waals surface area contributed by atoms with Gasteiger partial charge in [0.15, 0.2) is 0 Å². The fourth-order valence-corrected chi connectivity index (χ4v) is 2.57. The van der Waals surface area contributed by atoms with Crippen LogP contribution in [-0.2, 0) is 20.7 Å². The van der Waals surface area contributed by atoms with E-state index in [2.05, 4.69) is 6.92 Å². The zero-order chi connectivity index (χ0) is 18.3. The molecule has 0 spiro atoms. The molecule has 0 atom stereocenters. The zero-order valence-corrected chi connectivity index (χ0v) is 15.7. The fraction of sp³-hybridized carbons (Fsp3) is 0.619. The van der Waals surface area contributed by atoms with E-state index in [4.69, 9.17) is 9.47 Å². The van der Waals surface area contributed by atoms with Crippen molar-refractivity contribution in [2.24, 2.45) is 0 Å². The van der Waals surface area contributed by atoms with Crippen molar-refractivity contribution in [2.75, 3.05) is 6.61 Å². The number of aryl methyl sites for hydroxylation is 1. The fourth-order valence-electron chi connectivity index (χ4n) is 2.57. The van der Waals surface area contributed by atoms with Crippen molar-refractivity contribution >= 4 is 11.9 Å². The van der Waals surface area contributed by atoms with Crippen molar-refractivity contribution in [2.45, 2.75) is 78.1 Å². The Morgan fingerprint density at radius 2 is 1.52 bits per heavy atom. The quantitative estimate of drug-likeness (QED) is 0.278. The van der Waals surface area contributed by atoms with E-state index in [0.717, 1.165) is 24.8 Å². The first-order valence-electron chi connectivity index (χ1n) is 9.61. The summed E-state index contributed by atoms with van der Waals surface area (Å²) in [7, 11) is 0. The van der Waals surface area contributed by atoms with Crippen LogP contribution in [0.2, 0.25) is 0 Å². The number of hydrogen-bond donors (Lipinski definition) is 0. The zero-order valence-electron chi connectivity index (χ0n) is 15.7. The Morgan fingerprint density at radius 3 is 2.24 bits per heavy atom. The summed E-state index contributed by atoms with van der Waals surface area (Å²) < 4.78 is 10.6. The first-order valence-corrected chi connectivity index (χ1v) is 9.61. The molecule has 0 amide bonds. The Bertz CT molecular complexity index is 510. The highest BCUT2D eigenvalue weighted by Gasteiger charge is 2.09. The summed E-state index contributed by atoms with van der Waals surface area (Å²) in [5.74, 6) is 0.225. The van der Waals surface area contributed by atoms with Crippen LogP contribution in [0.25, 0.3) is 0 Å². The molecule has 0 fully saturated rings. The number of ether oxygens (including phenoxy) is 2. The van der Waals surface area contributed by atoms with Crippen LogP contribution in [0, 0.1) is 0 Å². The minimum Gasteiger partial charge on any atom is -0.466 e. The molecule has 0 saturated carbocycles. The second-order valence-corrected chi connectivity index (χ2v) is 6.28. The minimum atomic E-state index is -0.245. The number of esters is 2. The van der Waals surface area contributed by atoms with Gasteiger partial charge in [-0.3, -0.25) is 9.59 Å². The van der Waals surface area contributed by atoms with Gasteiger partial charge in [-0.15, -0.1) is 0 Å². The largest absolute Gasteiger partial charge is 0.466 e. The smallest absolute Gasteiger partial charge is 0.311 e. The van der Waals surface area contributed by atoms with E-state index in [9.17, 15) is 9.59 Å². The summed E-state index contributed by atoms with van der Waals surface area (Å²) in [6.45, 7) is 4.72. The van der Waals surface area contributed by atoms with Crippen LogP contribution in [0.4, 0.5) is 0 Å². The first kappa shape index (κ1) is 21.2. The average molecular weight is 348 g/mol. The molecule has 0 aliphatic heterocycles. The summed E-state index contributed by atoms with van der Waals surface area (Å²) in [5.41, 5.74) is 1.03. The molecule has 140 valence electrons. The van der Waals surface area contributed by atoms with Gasteiger partial charge < -0.3 is 9.47 Å². The summed E-state index contributed by atoms with van der Waals surface area (Å²) in [5, 5.41) is 0. The molecule has 1 aromatic carbocycles. The van der Waals surface area contributed by atoms with E-state index in [-0.39, 0.29) is 11.9 Å². The standard InChI is InChI=1S/C21H32O4/c1-3-5-6-7-12-17-24-20(22)15-10-11-16-21(23)25-19-14-9-8-13-18(19)4-2/h8-9,13-14H,3-7,10-12,15-17H2,1-2H3. The van der Waals surface area contributed by atoms with E-state index >= 15 is 0 Å². The average Bonchev–Trinajstić information content (AvgIpc) is 2.62. The molecule has 0 aromatic heterocycles. The Hall–Kier alpha value is -1.84. The van der Waals surface area contributed by atoms with Gasteiger partial charge in [0, 0.05) is 12.8 Å². The number of unbranched alkanes of at least 4 members (excludes halogenated alkanes) is 5. The lowest BCUT2D eigenvalue weighted by Gasteiger charge is -2.08. The number of carbonyl (C=O) groups is 2. The Labute approximate surface area is 151 Å². The number of hydrogen-bond acceptors (Lipinski definition) is 4. The van der Waals surface area contributed by atoms with E-state index in [1.165, 1.54) is 19.3 Å². The third-order valence-electron chi connectivity index (χ3n) is 4.10. The lowest BCUT2D eigenvalue weighted by molar-refractivity contribution is -0.144. The Kier molecular flexibility index (Phi) is 11.4. The lowest BCUT2D eigenvalue weighted by atomic mass is 10.1. The van der Waals surface area contributed by atoms with Gasteiger partial charge in [-0.1, -0.05) is 57.7 Å². The molecule has 25 heavy (non-hydrogen) atoms. The van der Waals surface area contributed by atoms with Gasteiger partial charge in [0.1, 0.15) is 5.75 Å². The second-order valence-electron chi connectivity index (χ2n) is 6.28. The Balaban J connectivity index is 2.08. The summed E-state index contributed by atoms with van der Waals surface area (Å²) in [4.78, 5) is 23.5. The number of carbonyl (C=O) groups excluding carboxylic acids is 2. The minimum absolute atomic E-state index is 0.166. The van der Waals surface area contributed by atoms with Crippen LogP contribution in [0.3, 0.4) is 0 Å². The number of para-hydroxylation sites is 1. The van der Waals surface area contributed by atoms with Gasteiger partial charge in [-0.2, -0.15) is 0 Å². The maximum absolute atomic E-state index is 11.9. The maximum Gasteiger partial charge on any atom is 0.311 e. The summed E-state index contributed by atoms with van der Waals surface area (Å²) in [6, 6.07) is 7.57. The molecule has 0 unspecified atom stereocenters. The predicted molar refractivity (Wildman–Crippen MR) is 99.6 cm³/mol. The molecule has 0 N–H and O–H groups in total. The van der Waals surface area contributed by atoms with Crippen molar-refractivity contribution in [1.29, 1.82) is 0 Å². The molecular weight excluding hydrogens is 316 g/mol. The monoisotopic (exact) mass is 348 g/mol. The third-order valence-corrected chi connectivity index (χ3v) is 4.10. The van der Waals surface area contributed by atoms with Gasteiger partial charge in [-0.05, 0) is 37.3 Å². The van der Waals surface area contributed by atoms with Crippen LogP contribution in [0.15, 0.2) is 24.3 Å². The van der Waals surface area contributed by atoms with Crippen LogP contribution >= 0.6 is 0 Å². The number of benzene rings is 1. The normalized spacial score (nSPS) is 10.5. The van der Waals surface area contributed by atoms with Crippen molar-refractivity contribution in [3.05, 3.63) is 29.8 Å². The molecule has 0 saturated heterocycles. The molecule has 0 aliphatic rings. The van der Waals surface area contributed by atoms with Crippen molar-refractivity contribution in [3.63, 3.8) is 0 Å². The molecule has 0 heterocycles. The molecule has 0 aliphatic carbocycles. The maximum atomic E-state index is 11.9. The van der Waals surface area contributed by atoms with Crippen LogP contribution in [0.5, 0.6) is 5.75 Å². The summed E-state index contributed by atoms with van der Waals surface area (Å²) in [6.07, 6.45) is 8.53. The molecule has 4 nitrogen and oxygen atoms in total. The summed E-state index contributed by atoms with van der Waals surface area (Å²) >= 11 is 0. The molecule has 0 radical (unpaired) electrons.